The summed E-state index contributed by atoms with van der Waals surface area (Å²) in [5.41, 5.74) is 2.31. The van der Waals surface area contributed by atoms with Gasteiger partial charge in [0.15, 0.2) is 11.6 Å². The Kier molecular flexibility index (Phi) is 5.78. The van der Waals surface area contributed by atoms with Crippen LogP contribution in [0.4, 0.5) is 13.6 Å². The van der Waals surface area contributed by atoms with Gasteiger partial charge in [-0.2, -0.15) is 0 Å². The van der Waals surface area contributed by atoms with Crippen molar-refractivity contribution in [1.82, 2.24) is 14.8 Å². The Balaban J connectivity index is 1.63. The number of ether oxygens (including phenoxy) is 1. The Labute approximate surface area is 151 Å². The van der Waals surface area contributed by atoms with Crippen LogP contribution < -0.4 is 0 Å². The molecule has 0 radical (unpaired) electrons. The van der Waals surface area contributed by atoms with Gasteiger partial charge in [0.2, 0.25) is 0 Å². The standard InChI is InChI=1S/C19H21F2N3O2/c1-2-26-19(25)24-7-5-23(6-8-24)13-14-9-16(12-22-11-14)15-3-4-17(20)18(21)10-15/h3-4,9-12H,2,5-8,13H2,1H3. The van der Waals surface area contributed by atoms with Crippen LogP contribution >= 0.6 is 0 Å². The number of rotatable bonds is 4. The third-order valence-corrected chi connectivity index (χ3v) is 4.35. The SMILES string of the molecule is CCOC(=O)N1CCN(Cc2cncc(-c3ccc(F)c(F)c3)c2)CC1. The smallest absolute Gasteiger partial charge is 0.409 e. The lowest BCUT2D eigenvalue weighted by atomic mass is 10.1. The molecule has 2 heterocycles. The number of nitrogens with zero attached hydrogens (tertiary/aromatic N) is 3. The zero-order valence-corrected chi connectivity index (χ0v) is 14.6. The van der Waals surface area contributed by atoms with Crippen molar-refractivity contribution in [2.24, 2.45) is 0 Å². The summed E-state index contributed by atoms with van der Waals surface area (Å²) in [6.45, 7) is 5.58. The van der Waals surface area contributed by atoms with Crippen molar-refractivity contribution in [2.75, 3.05) is 32.8 Å². The maximum Gasteiger partial charge on any atom is 0.409 e. The van der Waals surface area contributed by atoms with E-state index < -0.39 is 11.6 Å². The maximum absolute atomic E-state index is 13.4. The number of carbonyl (C=O) groups excluding carboxylic acids is 1. The average Bonchev–Trinajstić information content (AvgIpc) is 2.65. The van der Waals surface area contributed by atoms with Gasteiger partial charge in [0.05, 0.1) is 6.61 Å². The van der Waals surface area contributed by atoms with Crippen LogP contribution in [0.1, 0.15) is 12.5 Å². The zero-order valence-electron chi connectivity index (χ0n) is 14.6. The normalized spacial score (nSPS) is 15.1. The number of amides is 1. The Bertz CT molecular complexity index is 777. The lowest BCUT2D eigenvalue weighted by molar-refractivity contribution is 0.0778. The van der Waals surface area contributed by atoms with Crippen molar-refractivity contribution >= 4 is 6.09 Å². The van der Waals surface area contributed by atoms with E-state index in [0.29, 0.717) is 31.8 Å². The molecule has 0 N–H and O–H groups in total. The zero-order chi connectivity index (χ0) is 18.5. The van der Waals surface area contributed by atoms with Crippen molar-refractivity contribution in [2.45, 2.75) is 13.5 Å². The van der Waals surface area contributed by atoms with Gasteiger partial charge in [-0.15, -0.1) is 0 Å². The van der Waals surface area contributed by atoms with E-state index in [9.17, 15) is 13.6 Å². The minimum atomic E-state index is -0.872. The first-order valence-electron chi connectivity index (χ1n) is 8.60. The van der Waals surface area contributed by atoms with Gasteiger partial charge < -0.3 is 9.64 Å². The monoisotopic (exact) mass is 361 g/mol. The van der Waals surface area contributed by atoms with E-state index in [-0.39, 0.29) is 6.09 Å². The van der Waals surface area contributed by atoms with E-state index in [4.69, 9.17) is 4.74 Å². The summed E-state index contributed by atoms with van der Waals surface area (Å²) in [6.07, 6.45) is 3.13. The number of piperazine rings is 1. The Morgan fingerprint density at radius 2 is 1.85 bits per heavy atom. The molecule has 1 saturated heterocycles. The van der Waals surface area contributed by atoms with Crippen LogP contribution in [-0.4, -0.2) is 53.7 Å². The fourth-order valence-electron chi connectivity index (χ4n) is 2.97. The highest BCUT2D eigenvalue weighted by Gasteiger charge is 2.22. The van der Waals surface area contributed by atoms with E-state index in [1.54, 1.807) is 24.2 Å². The third-order valence-electron chi connectivity index (χ3n) is 4.35. The number of hydrogen-bond donors (Lipinski definition) is 0. The average molecular weight is 361 g/mol. The predicted octanol–water partition coefficient (Wildman–Crippen LogP) is 3.30. The molecule has 0 saturated carbocycles. The number of hydrogen-bond acceptors (Lipinski definition) is 4. The lowest BCUT2D eigenvalue weighted by Crippen LogP contribution is -2.48. The van der Waals surface area contributed by atoms with Gasteiger partial charge in [-0.3, -0.25) is 9.88 Å². The molecule has 7 heteroatoms. The van der Waals surface area contributed by atoms with Crippen LogP contribution in [0.3, 0.4) is 0 Å². The molecule has 1 aliphatic rings. The second-order valence-electron chi connectivity index (χ2n) is 6.17. The highest BCUT2D eigenvalue weighted by Crippen LogP contribution is 2.22. The van der Waals surface area contributed by atoms with Crippen LogP contribution in [0, 0.1) is 11.6 Å². The quantitative estimate of drug-likeness (QED) is 0.838. The molecule has 0 unspecified atom stereocenters. The first-order chi connectivity index (χ1) is 12.6. The molecule has 2 aromatic rings. The largest absolute Gasteiger partial charge is 0.450 e. The number of benzene rings is 1. The number of halogens is 2. The summed E-state index contributed by atoms with van der Waals surface area (Å²) in [7, 11) is 0. The van der Waals surface area contributed by atoms with Gasteiger partial charge in [0.1, 0.15) is 0 Å². The summed E-state index contributed by atoms with van der Waals surface area (Å²) in [4.78, 5) is 19.9. The van der Waals surface area contributed by atoms with Crippen molar-refractivity contribution in [1.29, 1.82) is 0 Å². The van der Waals surface area contributed by atoms with E-state index in [2.05, 4.69) is 9.88 Å². The molecule has 1 fully saturated rings. The van der Waals surface area contributed by atoms with Gasteiger partial charge in [-0.25, -0.2) is 13.6 Å². The fourth-order valence-corrected chi connectivity index (χ4v) is 2.97. The van der Waals surface area contributed by atoms with Crippen molar-refractivity contribution < 1.29 is 18.3 Å². The molecule has 0 aliphatic carbocycles. The molecule has 1 aromatic carbocycles. The first kappa shape index (κ1) is 18.3. The van der Waals surface area contributed by atoms with Crippen LogP contribution in [0.2, 0.25) is 0 Å². The molecular weight excluding hydrogens is 340 g/mol. The van der Waals surface area contributed by atoms with Crippen LogP contribution in [0.25, 0.3) is 11.1 Å². The summed E-state index contributed by atoms with van der Waals surface area (Å²) < 4.78 is 31.6. The van der Waals surface area contributed by atoms with Gasteiger partial charge in [0.25, 0.3) is 0 Å². The van der Waals surface area contributed by atoms with E-state index >= 15 is 0 Å². The van der Waals surface area contributed by atoms with Crippen LogP contribution in [0.15, 0.2) is 36.7 Å². The Hall–Kier alpha value is -2.54. The lowest BCUT2D eigenvalue weighted by Gasteiger charge is -2.34. The van der Waals surface area contributed by atoms with Crippen LogP contribution in [-0.2, 0) is 11.3 Å². The Morgan fingerprint density at radius 3 is 2.54 bits per heavy atom. The van der Waals surface area contributed by atoms with E-state index in [0.717, 1.165) is 30.3 Å². The summed E-state index contributed by atoms with van der Waals surface area (Å²) in [6, 6.07) is 5.76. The molecule has 5 nitrogen and oxygen atoms in total. The minimum absolute atomic E-state index is 0.269. The van der Waals surface area contributed by atoms with E-state index in [1.165, 1.54) is 12.1 Å². The molecule has 0 atom stereocenters. The molecule has 0 spiro atoms. The number of pyridine rings is 1. The topological polar surface area (TPSA) is 45.7 Å². The van der Waals surface area contributed by atoms with Gasteiger partial charge >= 0.3 is 6.09 Å². The summed E-state index contributed by atoms with van der Waals surface area (Å²) >= 11 is 0. The third kappa shape index (κ3) is 4.35. The molecule has 138 valence electrons. The molecule has 1 aliphatic heterocycles. The summed E-state index contributed by atoms with van der Waals surface area (Å²) in [5.74, 6) is -1.74. The second-order valence-corrected chi connectivity index (χ2v) is 6.17. The molecule has 26 heavy (non-hydrogen) atoms. The van der Waals surface area contributed by atoms with Gasteiger partial charge in [-0.1, -0.05) is 6.07 Å². The highest BCUT2D eigenvalue weighted by atomic mass is 19.2. The molecule has 0 bridgehead atoms. The number of aromatic nitrogens is 1. The van der Waals surface area contributed by atoms with Crippen molar-refractivity contribution in [3.05, 3.63) is 53.9 Å². The van der Waals surface area contributed by atoms with Gasteiger partial charge in [0, 0.05) is 50.7 Å². The van der Waals surface area contributed by atoms with Crippen LogP contribution in [0.5, 0.6) is 0 Å². The first-order valence-corrected chi connectivity index (χ1v) is 8.60. The fraction of sp³-hybridized carbons (Fsp3) is 0.368. The van der Waals surface area contributed by atoms with E-state index in [1.807, 2.05) is 6.07 Å². The predicted molar refractivity (Wildman–Crippen MR) is 93.5 cm³/mol. The Morgan fingerprint density at radius 1 is 1.08 bits per heavy atom. The molecule has 1 aromatic heterocycles. The summed E-state index contributed by atoms with van der Waals surface area (Å²) in [5, 5.41) is 0. The van der Waals surface area contributed by atoms with Crippen molar-refractivity contribution in [3.63, 3.8) is 0 Å². The van der Waals surface area contributed by atoms with Crippen molar-refractivity contribution in [3.8, 4) is 11.1 Å². The highest BCUT2D eigenvalue weighted by molar-refractivity contribution is 5.67. The minimum Gasteiger partial charge on any atom is -0.450 e. The maximum atomic E-state index is 13.4. The molecular formula is C19H21F2N3O2. The van der Waals surface area contributed by atoms with Gasteiger partial charge in [-0.05, 0) is 36.2 Å². The molecule has 1 amide bonds. The molecule has 3 rings (SSSR count). The number of carbonyl (C=O) groups is 1. The second kappa shape index (κ2) is 8.23.